The molecule has 4 N–H and O–H groups in total. The van der Waals surface area contributed by atoms with Gasteiger partial charge in [0.05, 0.1) is 6.04 Å². The van der Waals surface area contributed by atoms with Crippen LogP contribution in [-0.2, 0) is 19.2 Å². The van der Waals surface area contributed by atoms with E-state index in [9.17, 15) is 24.0 Å². The van der Waals surface area contributed by atoms with E-state index in [-0.39, 0.29) is 53.1 Å². The molecule has 0 aromatic carbocycles. The number of fused-ring (bicyclic) bond motifs is 2. The number of amides is 5. The van der Waals surface area contributed by atoms with Crippen LogP contribution in [0.4, 0.5) is 4.79 Å². The van der Waals surface area contributed by atoms with E-state index in [1.807, 2.05) is 20.8 Å². The highest BCUT2D eigenvalue weighted by Gasteiger charge is 2.64. The molecule has 10 heteroatoms. The largest absolute Gasteiger partial charge is 0.346 e. The number of carbonyl (C=O) groups is 5. The quantitative estimate of drug-likeness (QED) is 0.186. The summed E-state index contributed by atoms with van der Waals surface area (Å²) in [6, 6.07) is -2.88. The van der Waals surface area contributed by atoms with Crippen LogP contribution in [0.2, 0.25) is 0 Å². The summed E-state index contributed by atoms with van der Waals surface area (Å²) in [5.74, 6) is -1.53. The molecule has 0 bridgehead atoms. The molecular formula is C36H57N5O5. The lowest BCUT2D eigenvalue weighted by molar-refractivity contribution is -0.144. The van der Waals surface area contributed by atoms with Gasteiger partial charge in [0, 0.05) is 18.6 Å². The minimum absolute atomic E-state index is 0.0134. The van der Waals surface area contributed by atoms with Crippen LogP contribution in [0, 0.1) is 28.6 Å². The van der Waals surface area contributed by atoms with Crippen molar-refractivity contribution in [2.75, 3.05) is 13.1 Å². The number of urea groups is 1. The van der Waals surface area contributed by atoms with Gasteiger partial charge in [-0.3, -0.25) is 19.2 Å². The van der Waals surface area contributed by atoms with Gasteiger partial charge in [-0.15, -0.1) is 6.58 Å². The van der Waals surface area contributed by atoms with E-state index < -0.39 is 35.2 Å². The summed E-state index contributed by atoms with van der Waals surface area (Å²) in [5, 5.41) is 11.8. The Morgan fingerprint density at radius 1 is 0.935 bits per heavy atom. The molecule has 1 aliphatic heterocycles. The van der Waals surface area contributed by atoms with Crippen molar-refractivity contribution in [3.05, 3.63) is 12.7 Å². The first-order valence-electron chi connectivity index (χ1n) is 18.0. The maximum absolute atomic E-state index is 14.6. The zero-order chi connectivity index (χ0) is 33.3. The third kappa shape index (κ3) is 7.15. The number of hydrogen-bond donors (Lipinski definition) is 4. The maximum atomic E-state index is 14.6. The Kier molecular flexibility index (Phi) is 10.2. The highest BCUT2D eigenvalue weighted by atomic mass is 16.2. The lowest BCUT2D eigenvalue weighted by atomic mass is 9.80. The Bertz CT molecular complexity index is 1200. The van der Waals surface area contributed by atoms with E-state index in [1.54, 1.807) is 4.90 Å². The fourth-order valence-electron chi connectivity index (χ4n) is 8.88. The summed E-state index contributed by atoms with van der Waals surface area (Å²) in [6.07, 6.45) is 15.1. The number of ketones is 1. The molecule has 1 saturated heterocycles. The summed E-state index contributed by atoms with van der Waals surface area (Å²) in [4.78, 5) is 70.1. The smallest absolute Gasteiger partial charge is 0.315 e. The van der Waals surface area contributed by atoms with Crippen molar-refractivity contribution in [3.8, 4) is 0 Å². The number of rotatable bonds is 12. The molecule has 10 nitrogen and oxygen atoms in total. The number of nitrogens with zero attached hydrogens (tertiary/aromatic N) is 1. The SMILES string of the molecule is C=CCNC(=O)C(=O)C(CC1CCC1)NC(=O)[C@@H]1[C@H]2CCC3(CC3)[C@H]2CN1C(=O)[C@@H](NC(=O)NC1(CC)CCCCC1)C(C)(C)C. The second kappa shape index (κ2) is 13.7. The summed E-state index contributed by atoms with van der Waals surface area (Å²) in [6.45, 7) is 12.2. The molecule has 1 heterocycles. The Morgan fingerprint density at radius 3 is 2.20 bits per heavy atom. The number of likely N-dealkylation sites (tertiary alicyclic amines) is 1. The van der Waals surface area contributed by atoms with Crippen molar-refractivity contribution < 1.29 is 24.0 Å². The predicted molar refractivity (Wildman–Crippen MR) is 177 cm³/mol. The van der Waals surface area contributed by atoms with Crippen molar-refractivity contribution >= 4 is 29.5 Å². The molecule has 5 rings (SSSR count). The fourth-order valence-corrected chi connectivity index (χ4v) is 8.88. The minimum Gasteiger partial charge on any atom is -0.346 e. The molecule has 1 unspecified atom stereocenters. The first-order valence-corrected chi connectivity index (χ1v) is 18.0. The monoisotopic (exact) mass is 639 g/mol. The molecule has 5 fully saturated rings. The van der Waals surface area contributed by atoms with Crippen molar-refractivity contribution in [2.24, 2.45) is 28.6 Å². The Morgan fingerprint density at radius 2 is 1.63 bits per heavy atom. The van der Waals surface area contributed by atoms with Gasteiger partial charge in [0.1, 0.15) is 12.1 Å². The van der Waals surface area contributed by atoms with Crippen LogP contribution in [0.5, 0.6) is 0 Å². The van der Waals surface area contributed by atoms with Gasteiger partial charge in [-0.25, -0.2) is 4.79 Å². The van der Waals surface area contributed by atoms with E-state index in [2.05, 4.69) is 34.8 Å². The third-order valence-electron chi connectivity index (χ3n) is 12.2. The van der Waals surface area contributed by atoms with E-state index in [4.69, 9.17) is 0 Å². The van der Waals surface area contributed by atoms with Crippen molar-refractivity contribution in [2.45, 2.75) is 141 Å². The lowest BCUT2D eigenvalue weighted by Gasteiger charge is -2.40. The fraction of sp³-hybridized carbons (Fsp3) is 0.806. The van der Waals surface area contributed by atoms with Gasteiger partial charge in [0.25, 0.3) is 5.91 Å². The molecule has 5 aliphatic rings. The zero-order valence-corrected chi connectivity index (χ0v) is 28.6. The van der Waals surface area contributed by atoms with Crippen LogP contribution >= 0.6 is 0 Å². The van der Waals surface area contributed by atoms with E-state index in [0.29, 0.717) is 13.0 Å². The number of Topliss-reactive ketones (excluding diaryl/α,β-unsaturated/α-hetero) is 1. The summed E-state index contributed by atoms with van der Waals surface area (Å²) >= 11 is 0. The van der Waals surface area contributed by atoms with Gasteiger partial charge in [-0.05, 0) is 80.0 Å². The first-order chi connectivity index (χ1) is 21.8. The normalized spacial score (nSPS) is 27.5. The lowest BCUT2D eigenvalue weighted by Crippen LogP contribution is -2.62. The second-order valence-corrected chi connectivity index (χ2v) is 16.2. The average Bonchev–Trinajstić information content (AvgIpc) is 3.57. The molecule has 5 amide bonds. The predicted octanol–water partition coefficient (Wildman–Crippen LogP) is 4.38. The topological polar surface area (TPSA) is 137 Å². The van der Waals surface area contributed by atoms with Gasteiger partial charge in [0.15, 0.2) is 0 Å². The molecule has 4 aliphatic carbocycles. The van der Waals surface area contributed by atoms with Crippen molar-refractivity contribution in [3.63, 3.8) is 0 Å². The van der Waals surface area contributed by atoms with Gasteiger partial charge >= 0.3 is 6.03 Å². The molecule has 5 atom stereocenters. The standard InChI is InChI=1S/C36H57N5O5/c1-6-20-37-31(44)28(42)26(21-23-12-11-13-23)38-30(43)27-24-14-17-35(18-19-35)25(24)22-41(27)32(45)29(34(3,4)5)39-33(46)40-36(7-2)15-9-8-10-16-36/h6,23-27,29H,1,7-22H2,2-5H3,(H,37,44)(H,38,43)(H2,39,40,46)/t24-,25-,26?,27-,29+/m0/s1. The van der Waals surface area contributed by atoms with E-state index in [1.165, 1.54) is 12.5 Å². The minimum atomic E-state index is -0.946. The molecule has 4 saturated carbocycles. The molecule has 1 spiro atoms. The van der Waals surface area contributed by atoms with E-state index >= 15 is 0 Å². The number of carbonyl (C=O) groups excluding carboxylic acids is 5. The summed E-state index contributed by atoms with van der Waals surface area (Å²) in [7, 11) is 0. The highest BCUT2D eigenvalue weighted by molar-refractivity contribution is 6.38. The van der Waals surface area contributed by atoms with Crippen LogP contribution in [0.3, 0.4) is 0 Å². The number of nitrogens with one attached hydrogen (secondary N) is 4. The van der Waals surface area contributed by atoms with Gasteiger partial charge < -0.3 is 26.2 Å². The van der Waals surface area contributed by atoms with Crippen LogP contribution in [0.25, 0.3) is 0 Å². The van der Waals surface area contributed by atoms with Crippen LogP contribution in [0.15, 0.2) is 12.7 Å². The average molecular weight is 640 g/mol. The van der Waals surface area contributed by atoms with Crippen molar-refractivity contribution in [1.29, 1.82) is 0 Å². The molecule has 46 heavy (non-hydrogen) atoms. The highest BCUT2D eigenvalue weighted by Crippen LogP contribution is 2.66. The maximum Gasteiger partial charge on any atom is 0.315 e. The van der Waals surface area contributed by atoms with Gasteiger partial charge in [-0.1, -0.05) is 72.3 Å². The van der Waals surface area contributed by atoms with Crippen LogP contribution in [-0.4, -0.2) is 71.2 Å². The van der Waals surface area contributed by atoms with Gasteiger partial charge in [-0.2, -0.15) is 0 Å². The summed E-state index contributed by atoms with van der Waals surface area (Å²) < 4.78 is 0. The first kappa shape index (κ1) is 34.4. The zero-order valence-electron chi connectivity index (χ0n) is 28.6. The third-order valence-corrected chi connectivity index (χ3v) is 12.2. The molecule has 0 radical (unpaired) electrons. The van der Waals surface area contributed by atoms with Crippen LogP contribution in [0.1, 0.15) is 118 Å². The Labute approximate surface area is 275 Å². The molecular weight excluding hydrogens is 582 g/mol. The number of hydrogen-bond acceptors (Lipinski definition) is 5. The Balaban J connectivity index is 1.37. The Hall–Kier alpha value is -2.91. The van der Waals surface area contributed by atoms with E-state index in [0.717, 1.165) is 77.0 Å². The second-order valence-electron chi connectivity index (χ2n) is 16.2. The van der Waals surface area contributed by atoms with Crippen molar-refractivity contribution in [1.82, 2.24) is 26.2 Å². The molecule has 0 aromatic heterocycles. The molecule has 256 valence electrons. The van der Waals surface area contributed by atoms with Crippen LogP contribution < -0.4 is 21.3 Å². The molecule has 0 aromatic rings. The summed E-state index contributed by atoms with van der Waals surface area (Å²) in [5.41, 5.74) is -0.692. The van der Waals surface area contributed by atoms with Gasteiger partial charge in [0.2, 0.25) is 17.6 Å².